The van der Waals surface area contributed by atoms with Crippen molar-refractivity contribution in [1.82, 2.24) is 15.6 Å². The Hall–Kier alpha value is -2.75. The molecule has 0 fully saturated rings. The van der Waals surface area contributed by atoms with E-state index in [0.29, 0.717) is 0 Å². The normalized spacial score (nSPS) is 11.7. The van der Waals surface area contributed by atoms with Crippen LogP contribution in [0.1, 0.15) is 16.7 Å². The van der Waals surface area contributed by atoms with Crippen molar-refractivity contribution in [2.45, 2.75) is 19.8 Å². The van der Waals surface area contributed by atoms with Crippen LogP contribution in [0.4, 0.5) is 0 Å². The molecule has 0 saturated carbocycles. The van der Waals surface area contributed by atoms with Crippen LogP contribution in [0.15, 0.2) is 59.7 Å². The van der Waals surface area contributed by atoms with Gasteiger partial charge in [-0.3, -0.25) is 4.99 Å². The maximum atomic E-state index is 4.30. The van der Waals surface area contributed by atoms with Crippen LogP contribution in [-0.2, 0) is 12.8 Å². The number of aryl methyl sites for hydroxylation is 1. The average Bonchev–Trinajstić information content (AvgIpc) is 3.06. The van der Waals surface area contributed by atoms with E-state index in [1.54, 1.807) is 0 Å². The van der Waals surface area contributed by atoms with Gasteiger partial charge in [-0.05, 0) is 36.5 Å². The third-order valence-electron chi connectivity index (χ3n) is 4.47. The fourth-order valence-electron chi connectivity index (χ4n) is 3.08. The minimum atomic E-state index is 0.853. The molecule has 0 atom stereocenters. The van der Waals surface area contributed by atoms with Crippen LogP contribution in [0.3, 0.4) is 0 Å². The second kappa shape index (κ2) is 8.38. The molecule has 1 heterocycles. The summed E-state index contributed by atoms with van der Waals surface area (Å²) in [4.78, 5) is 7.69. The predicted octanol–water partition coefficient (Wildman–Crippen LogP) is 3.43. The molecule has 0 unspecified atom stereocenters. The van der Waals surface area contributed by atoms with Gasteiger partial charge in [0.1, 0.15) is 0 Å². The molecule has 0 radical (unpaired) electrons. The van der Waals surface area contributed by atoms with E-state index in [9.17, 15) is 0 Å². The smallest absolute Gasteiger partial charge is 0.190 e. The van der Waals surface area contributed by atoms with E-state index in [2.05, 4.69) is 76.2 Å². The fourth-order valence-corrected chi connectivity index (χ4v) is 3.08. The molecule has 0 spiro atoms. The SMILES string of the molecule is CN=C(NCCc1ccccc1)NCCc1c[nH]c2c(C)cccc12. The minimum Gasteiger partial charge on any atom is -0.361 e. The van der Waals surface area contributed by atoms with Crippen LogP contribution >= 0.6 is 0 Å². The van der Waals surface area contributed by atoms with Gasteiger partial charge in [-0.15, -0.1) is 0 Å². The number of benzene rings is 2. The number of guanidine groups is 1. The third-order valence-corrected chi connectivity index (χ3v) is 4.47. The first-order valence-corrected chi connectivity index (χ1v) is 8.82. The average molecular weight is 334 g/mol. The molecule has 4 heteroatoms. The summed E-state index contributed by atoms with van der Waals surface area (Å²) < 4.78 is 0. The van der Waals surface area contributed by atoms with Gasteiger partial charge in [0.2, 0.25) is 0 Å². The Balaban J connectivity index is 1.47. The van der Waals surface area contributed by atoms with Gasteiger partial charge in [0.15, 0.2) is 5.96 Å². The summed E-state index contributed by atoms with van der Waals surface area (Å²) in [7, 11) is 1.81. The summed E-state index contributed by atoms with van der Waals surface area (Å²) in [5.41, 5.74) is 5.20. The van der Waals surface area contributed by atoms with Gasteiger partial charge in [-0.25, -0.2) is 0 Å². The van der Waals surface area contributed by atoms with Gasteiger partial charge in [0.05, 0.1) is 0 Å². The van der Waals surface area contributed by atoms with Crippen molar-refractivity contribution in [3.63, 3.8) is 0 Å². The number of nitrogens with zero attached hydrogens (tertiary/aromatic N) is 1. The Kier molecular flexibility index (Phi) is 5.73. The number of para-hydroxylation sites is 1. The van der Waals surface area contributed by atoms with Crippen molar-refractivity contribution in [2.75, 3.05) is 20.1 Å². The van der Waals surface area contributed by atoms with Crippen LogP contribution in [-0.4, -0.2) is 31.1 Å². The van der Waals surface area contributed by atoms with Gasteiger partial charge in [-0.1, -0.05) is 48.5 Å². The first-order chi connectivity index (χ1) is 12.3. The monoisotopic (exact) mass is 334 g/mol. The van der Waals surface area contributed by atoms with Crippen molar-refractivity contribution in [3.05, 3.63) is 71.4 Å². The van der Waals surface area contributed by atoms with E-state index in [1.165, 1.54) is 27.6 Å². The first kappa shape index (κ1) is 17.1. The number of rotatable bonds is 6. The molecular weight excluding hydrogens is 308 g/mol. The molecule has 0 aliphatic rings. The molecule has 1 aromatic heterocycles. The Morgan fingerprint density at radius 1 is 0.960 bits per heavy atom. The van der Waals surface area contributed by atoms with E-state index < -0.39 is 0 Å². The molecule has 2 aromatic carbocycles. The summed E-state index contributed by atoms with van der Waals surface area (Å²) in [6.07, 6.45) is 4.07. The molecule has 0 aliphatic heterocycles. The van der Waals surface area contributed by atoms with Crippen molar-refractivity contribution >= 4 is 16.9 Å². The van der Waals surface area contributed by atoms with Crippen LogP contribution in [0, 0.1) is 6.92 Å². The van der Waals surface area contributed by atoms with Crippen LogP contribution in [0.25, 0.3) is 10.9 Å². The van der Waals surface area contributed by atoms with Gasteiger partial charge in [0, 0.05) is 37.2 Å². The zero-order valence-corrected chi connectivity index (χ0v) is 15.0. The lowest BCUT2D eigenvalue weighted by molar-refractivity contribution is 0.785. The second-order valence-electron chi connectivity index (χ2n) is 6.22. The van der Waals surface area contributed by atoms with Crippen molar-refractivity contribution in [1.29, 1.82) is 0 Å². The predicted molar refractivity (Wildman–Crippen MR) is 106 cm³/mol. The number of aromatic amines is 1. The molecule has 130 valence electrons. The second-order valence-corrected chi connectivity index (χ2v) is 6.22. The quantitative estimate of drug-likeness (QED) is 0.478. The lowest BCUT2D eigenvalue weighted by Crippen LogP contribution is -2.39. The highest BCUT2D eigenvalue weighted by Crippen LogP contribution is 2.21. The zero-order valence-electron chi connectivity index (χ0n) is 15.0. The standard InChI is InChI=1S/C21H26N4/c1-16-7-6-10-19-18(15-25-20(16)19)12-14-24-21(22-2)23-13-11-17-8-4-3-5-9-17/h3-10,15,25H,11-14H2,1-2H3,(H2,22,23,24). The molecular formula is C21H26N4. The molecule has 3 aromatic rings. The first-order valence-electron chi connectivity index (χ1n) is 8.82. The third kappa shape index (κ3) is 4.41. The molecule has 0 aliphatic carbocycles. The van der Waals surface area contributed by atoms with Crippen molar-refractivity contribution < 1.29 is 0 Å². The summed E-state index contributed by atoms with van der Waals surface area (Å²) in [6, 6.07) is 16.9. The number of aromatic nitrogens is 1. The van der Waals surface area contributed by atoms with Crippen LogP contribution in [0.2, 0.25) is 0 Å². The number of nitrogens with one attached hydrogen (secondary N) is 3. The van der Waals surface area contributed by atoms with Crippen LogP contribution in [0.5, 0.6) is 0 Å². The zero-order chi connectivity index (χ0) is 17.5. The molecule has 4 nitrogen and oxygen atoms in total. The molecule has 3 rings (SSSR count). The van der Waals surface area contributed by atoms with Crippen LogP contribution < -0.4 is 10.6 Å². The van der Waals surface area contributed by atoms with Gasteiger partial charge < -0.3 is 15.6 Å². The Labute approximate surface area is 149 Å². The summed E-state index contributed by atoms with van der Waals surface area (Å²) in [5, 5.41) is 8.09. The number of H-pyrrole nitrogens is 1. The van der Waals surface area contributed by atoms with Gasteiger partial charge in [0.25, 0.3) is 0 Å². The number of aliphatic imine (C=N–C) groups is 1. The van der Waals surface area contributed by atoms with E-state index in [4.69, 9.17) is 0 Å². The van der Waals surface area contributed by atoms with E-state index >= 15 is 0 Å². The molecule has 3 N–H and O–H groups in total. The van der Waals surface area contributed by atoms with Gasteiger partial charge >= 0.3 is 0 Å². The Morgan fingerprint density at radius 3 is 2.48 bits per heavy atom. The highest BCUT2D eigenvalue weighted by Gasteiger charge is 2.05. The summed E-state index contributed by atoms with van der Waals surface area (Å²) in [6.45, 7) is 3.86. The topological polar surface area (TPSA) is 52.2 Å². The maximum absolute atomic E-state index is 4.30. The minimum absolute atomic E-state index is 0.853. The number of hydrogen-bond acceptors (Lipinski definition) is 1. The highest BCUT2D eigenvalue weighted by molar-refractivity contribution is 5.86. The largest absolute Gasteiger partial charge is 0.361 e. The number of fused-ring (bicyclic) bond motifs is 1. The lowest BCUT2D eigenvalue weighted by Gasteiger charge is -2.11. The summed E-state index contributed by atoms with van der Waals surface area (Å²) >= 11 is 0. The van der Waals surface area contributed by atoms with Gasteiger partial charge in [-0.2, -0.15) is 0 Å². The Bertz CT molecular complexity index is 833. The van der Waals surface area contributed by atoms with E-state index in [-0.39, 0.29) is 0 Å². The lowest BCUT2D eigenvalue weighted by atomic mass is 10.1. The Morgan fingerprint density at radius 2 is 1.72 bits per heavy atom. The van der Waals surface area contributed by atoms with Crippen molar-refractivity contribution in [3.8, 4) is 0 Å². The highest BCUT2D eigenvalue weighted by atomic mass is 15.2. The fraction of sp³-hybridized carbons (Fsp3) is 0.286. The summed E-state index contributed by atoms with van der Waals surface area (Å²) in [5.74, 6) is 0.854. The van der Waals surface area contributed by atoms with E-state index in [1.807, 2.05) is 13.1 Å². The maximum Gasteiger partial charge on any atom is 0.190 e. The van der Waals surface area contributed by atoms with Crippen molar-refractivity contribution in [2.24, 2.45) is 4.99 Å². The molecule has 0 amide bonds. The molecule has 25 heavy (non-hydrogen) atoms. The molecule has 0 saturated heterocycles. The molecule has 0 bridgehead atoms. The number of hydrogen-bond donors (Lipinski definition) is 3. The van der Waals surface area contributed by atoms with E-state index in [0.717, 1.165) is 31.9 Å².